The van der Waals surface area contributed by atoms with Gasteiger partial charge in [0.25, 0.3) is 0 Å². The zero-order valence-electron chi connectivity index (χ0n) is 11.3. The fourth-order valence-electron chi connectivity index (χ4n) is 1.52. The summed E-state index contributed by atoms with van der Waals surface area (Å²) in [6, 6.07) is 2.85. The van der Waals surface area contributed by atoms with Gasteiger partial charge in [-0.3, -0.25) is 9.59 Å². The lowest BCUT2D eigenvalue weighted by Gasteiger charge is -2.13. The second-order valence-corrected chi connectivity index (χ2v) is 5.31. The van der Waals surface area contributed by atoms with Crippen molar-refractivity contribution >= 4 is 29.5 Å². The minimum Gasteiger partial charge on any atom is -0.480 e. The molecule has 1 aromatic rings. The summed E-state index contributed by atoms with van der Waals surface area (Å²) >= 11 is 1.16. The number of benzene rings is 1. The number of halogens is 1. The first-order chi connectivity index (χ1) is 9.81. The maximum absolute atomic E-state index is 13.7. The predicted octanol–water partition coefficient (Wildman–Crippen LogP) is 0.747. The van der Waals surface area contributed by atoms with Gasteiger partial charge in [0.1, 0.15) is 11.9 Å². The SMILES string of the molecule is CC(=O)N[C@@H](CSCc1ccc(C(N)=O)cc1F)C(=O)O. The van der Waals surface area contributed by atoms with E-state index in [0.717, 1.165) is 17.8 Å². The molecule has 0 aromatic heterocycles. The van der Waals surface area contributed by atoms with Gasteiger partial charge < -0.3 is 16.2 Å². The molecule has 0 fully saturated rings. The number of amides is 2. The number of thioether (sulfide) groups is 1. The molecule has 0 aliphatic rings. The van der Waals surface area contributed by atoms with E-state index in [2.05, 4.69) is 5.32 Å². The predicted molar refractivity (Wildman–Crippen MR) is 76.3 cm³/mol. The number of carboxylic acids is 1. The molecule has 0 spiro atoms. The quantitative estimate of drug-likeness (QED) is 0.688. The number of rotatable bonds is 7. The second kappa shape index (κ2) is 7.63. The van der Waals surface area contributed by atoms with Crippen molar-refractivity contribution in [2.24, 2.45) is 5.73 Å². The molecule has 1 atom stereocenters. The Balaban J connectivity index is 2.60. The number of primary amides is 1. The van der Waals surface area contributed by atoms with Crippen LogP contribution in [0.1, 0.15) is 22.8 Å². The summed E-state index contributed by atoms with van der Waals surface area (Å²) in [5, 5.41) is 11.2. The Bertz CT molecular complexity index is 565. The lowest BCUT2D eigenvalue weighted by atomic mass is 10.1. The third kappa shape index (κ3) is 5.42. The number of nitrogens with one attached hydrogen (secondary N) is 1. The normalized spacial score (nSPS) is 11.7. The minimum absolute atomic E-state index is 0.0721. The Hall–Kier alpha value is -2.09. The van der Waals surface area contributed by atoms with Crippen LogP contribution >= 0.6 is 11.8 Å². The summed E-state index contributed by atoms with van der Waals surface area (Å²) in [4.78, 5) is 32.7. The Labute approximate surface area is 124 Å². The molecule has 6 nitrogen and oxygen atoms in total. The minimum atomic E-state index is -1.15. The highest BCUT2D eigenvalue weighted by Crippen LogP contribution is 2.18. The number of carbonyl (C=O) groups excluding carboxylic acids is 2. The van der Waals surface area contributed by atoms with Crippen LogP contribution in [-0.4, -0.2) is 34.7 Å². The van der Waals surface area contributed by atoms with Gasteiger partial charge in [-0.1, -0.05) is 6.07 Å². The van der Waals surface area contributed by atoms with Crippen LogP contribution in [0.2, 0.25) is 0 Å². The lowest BCUT2D eigenvalue weighted by molar-refractivity contribution is -0.140. The Morgan fingerprint density at radius 3 is 2.57 bits per heavy atom. The van der Waals surface area contributed by atoms with E-state index in [1.165, 1.54) is 19.1 Å². The first-order valence-corrected chi connectivity index (χ1v) is 7.12. The average Bonchev–Trinajstić information content (AvgIpc) is 2.38. The van der Waals surface area contributed by atoms with Gasteiger partial charge in [-0.15, -0.1) is 0 Å². The van der Waals surface area contributed by atoms with Gasteiger partial charge in [-0.25, -0.2) is 9.18 Å². The number of hydrogen-bond donors (Lipinski definition) is 3. The largest absolute Gasteiger partial charge is 0.480 e. The second-order valence-electron chi connectivity index (χ2n) is 4.28. The monoisotopic (exact) mass is 314 g/mol. The number of carboxylic acid groups (broad SMARTS) is 1. The molecule has 0 bridgehead atoms. The number of aliphatic carboxylic acids is 1. The molecule has 21 heavy (non-hydrogen) atoms. The summed E-state index contributed by atoms with van der Waals surface area (Å²) in [6.07, 6.45) is 0. The van der Waals surface area contributed by atoms with Gasteiger partial charge in [-0.2, -0.15) is 11.8 Å². The summed E-state index contributed by atoms with van der Waals surface area (Å²) in [7, 11) is 0. The highest BCUT2D eigenvalue weighted by molar-refractivity contribution is 7.98. The fraction of sp³-hybridized carbons (Fsp3) is 0.308. The van der Waals surface area contributed by atoms with E-state index in [1.807, 2.05) is 0 Å². The van der Waals surface area contributed by atoms with Gasteiger partial charge in [0.05, 0.1) is 0 Å². The molecule has 0 saturated carbocycles. The molecule has 0 unspecified atom stereocenters. The maximum atomic E-state index is 13.7. The molecular formula is C13H15FN2O4S. The van der Waals surface area contributed by atoms with Crippen LogP contribution in [0.3, 0.4) is 0 Å². The van der Waals surface area contributed by atoms with Crippen molar-refractivity contribution < 1.29 is 23.9 Å². The molecule has 1 rings (SSSR count). The molecule has 114 valence electrons. The average molecular weight is 314 g/mol. The highest BCUT2D eigenvalue weighted by atomic mass is 32.2. The van der Waals surface area contributed by atoms with Crippen LogP contribution < -0.4 is 11.1 Å². The summed E-state index contributed by atoms with van der Waals surface area (Å²) in [5.74, 6) is -2.57. The van der Waals surface area contributed by atoms with Crippen molar-refractivity contribution in [1.29, 1.82) is 0 Å². The smallest absolute Gasteiger partial charge is 0.327 e. The van der Waals surface area contributed by atoms with Crippen LogP contribution in [0.25, 0.3) is 0 Å². The van der Waals surface area contributed by atoms with Crippen molar-refractivity contribution in [2.75, 3.05) is 5.75 Å². The third-order valence-electron chi connectivity index (χ3n) is 2.56. The summed E-state index contributed by atoms with van der Waals surface area (Å²) in [6.45, 7) is 1.23. The summed E-state index contributed by atoms with van der Waals surface area (Å²) in [5.41, 5.74) is 5.44. The van der Waals surface area contributed by atoms with E-state index in [9.17, 15) is 18.8 Å². The molecule has 0 aliphatic carbocycles. The highest BCUT2D eigenvalue weighted by Gasteiger charge is 2.18. The lowest BCUT2D eigenvalue weighted by Crippen LogP contribution is -2.41. The molecule has 0 radical (unpaired) electrons. The van der Waals surface area contributed by atoms with Crippen molar-refractivity contribution in [2.45, 2.75) is 18.7 Å². The van der Waals surface area contributed by atoms with E-state index >= 15 is 0 Å². The van der Waals surface area contributed by atoms with Crippen LogP contribution in [-0.2, 0) is 15.3 Å². The molecule has 0 heterocycles. The number of carbonyl (C=O) groups is 3. The Morgan fingerprint density at radius 1 is 1.43 bits per heavy atom. The zero-order chi connectivity index (χ0) is 16.0. The maximum Gasteiger partial charge on any atom is 0.327 e. The van der Waals surface area contributed by atoms with Crippen LogP contribution in [0, 0.1) is 5.82 Å². The molecular weight excluding hydrogens is 299 g/mol. The van der Waals surface area contributed by atoms with Crippen molar-refractivity contribution in [3.63, 3.8) is 0 Å². The Kier molecular flexibility index (Phi) is 6.16. The van der Waals surface area contributed by atoms with Gasteiger partial charge in [-0.05, 0) is 17.7 Å². The van der Waals surface area contributed by atoms with E-state index in [4.69, 9.17) is 10.8 Å². The standard InChI is InChI=1S/C13H15FN2O4S/c1-7(17)16-11(13(19)20)6-21-5-9-3-2-8(12(15)18)4-10(9)14/h2-4,11H,5-6H2,1H3,(H2,15,18)(H,16,17)(H,19,20)/t11-/m0/s1. The summed E-state index contributed by atoms with van der Waals surface area (Å²) < 4.78 is 13.7. The molecule has 0 saturated heterocycles. The van der Waals surface area contributed by atoms with Gasteiger partial charge in [0, 0.05) is 24.0 Å². The van der Waals surface area contributed by atoms with E-state index in [1.54, 1.807) is 0 Å². The van der Waals surface area contributed by atoms with E-state index < -0.39 is 29.6 Å². The van der Waals surface area contributed by atoms with Crippen molar-refractivity contribution in [1.82, 2.24) is 5.32 Å². The van der Waals surface area contributed by atoms with Crippen LogP contribution in [0.4, 0.5) is 4.39 Å². The zero-order valence-corrected chi connectivity index (χ0v) is 12.1. The number of hydrogen-bond acceptors (Lipinski definition) is 4. The first kappa shape index (κ1) is 17.0. The van der Waals surface area contributed by atoms with Gasteiger partial charge in [0.15, 0.2) is 0 Å². The molecule has 1 aromatic carbocycles. The van der Waals surface area contributed by atoms with Gasteiger partial charge in [0.2, 0.25) is 11.8 Å². The molecule has 4 N–H and O–H groups in total. The topological polar surface area (TPSA) is 109 Å². The van der Waals surface area contributed by atoms with E-state index in [-0.39, 0.29) is 17.1 Å². The van der Waals surface area contributed by atoms with Gasteiger partial charge >= 0.3 is 5.97 Å². The Morgan fingerprint density at radius 2 is 2.10 bits per heavy atom. The van der Waals surface area contributed by atoms with E-state index in [0.29, 0.717) is 5.56 Å². The molecule has 0 aliphatic heterocycles. The molecule has 2 amide bonds. The fourth-order valence-corrected chi connectivity index (χ4v) is 2.56. The van der Waals surface area contributed by atoms with Crippen molar-refractivity contribution in [3.05, 3.63) is 35.1 Å². The number of nitrogens with two attached hydrogens (primary N) is 1. The van der Waals surface area contributed by atoms with Crippen LogP contribution in [0.5, 0.6) is 0 Å². The molecule has 8 heteroatoms. The first-order valence-electron chi connectivity index (χ1n) is 5.97. The van der Waals surface area contributed by atoms with Crippen molar-refractivity contribution in [3.8, 4) is 0 Å². The van der Waals surface area contributed by atoms with Crippen LogP contribution in [0.15, 0.2) is 18.2 Å². The third-order valence-corrected chi connectivity index (χ3v) is 3.64.